The first kappa shape index (κ1) is 14.2. The summed E-state index contributed by atoms with van der Waals surface area (Å²) in [5.74, 6) is 0.444. The van der Waals surface area contributed by atoms with Crippen molar-refractivity contribution in [2.24, 2.45) is 0 Å². The highest BCUT2D eigenvalue weighted by Crippen LogP contribution is 2.17. The Morgan fingerprint density at radius 3 is 3.15 bits per heavy atom. The second-order valence-electron chi connectivity index (χ2n) is 3.74. The number of rotatable bonds is 7. The summed E-state index contributed by atoms with van der Waals surface area (Å²) in [6.07, 6.45) is 5.75. The van der Waals surface area contributed by atoms with E-state index < -0.39 is 5.97 Å². The minimum atomic E-state index is -0.973. The van der Waals surface area contributed by atoms with Crippen molar-refractivity contribution < 1.29 is 19.1 Å². The molecule has 1 heterocycles. The molecule has 5 nitrogen and oxygen atoms in total. The summed E-state index contributed by atoms with van der Waals surface area (Å²) < 4.78 is 10.7. The summed E-state index contributed by atoms with van der Waals surface area (Å²) in [7, 11) is 0. The number of aliphatic carboxylic acids is 1. The van der Waals surface area contributed by atoms with Gasteiger partial charge in [-0.05, 0) is 23.8 Å². The number of hydrogen-bond acceptors (Lipinski definition) is 5. The number of nitrogens with zero attached hydrogens (tertiary/aromatic N) is 1. The van der Waals surface area contributed by atoms with Gasteiger partial charge in [-0.15, -0.1) is 0 Å². The summed E-state index contributed by atoms with van der Waals surface area (Å²) in [4.78, 5) is 14.4. The highest BCUT2D eigenvalue weighted by Gasteiger charge is 1.99. The van der Waals surface area contributed by atoms with E-state index in [1.54, 1.807) is 12.3 Å². The number of oxazole rings is 1. The highest BCUT2D eigenvalue weighted by atomic mass is 32.2. The van der Waals surface area contributed by atoms with Gasteiger partial charge < -0.3 is 14.3 Å². The minimum Gasteiger partial charge on any atom is -0.493 e. The van der Waals surface area contributed by atoms with Gasteiger partial charge in [-0.1, -0.05) is 23.9 Å². The molecule has 0 fully saturated rings. The van der Waals surface area contributed by atoms with Crippen LogP contribution in [0.2, 0.25) is 0 Å². The lowest BCUT2D eigenvalue weighted by Gasteiger charge is -2.05. The summed E-state index contributed by atoms with van der Waals surface area (Å²) in [5.41, 5.74) is 0.783. The largest absolute Gasteiger partial charge is 0.493 e. The van der Waals surface area contributed by atoms with Crippen LogP contribution in [0.5, 0.6) is 5.75 Å². The molecule has 0 radical (unpaired) electrons. The van der Waals surface area contributed by atoms with Crippen molar-refractivity contribution in [3.05, 3.63) is 48.4 Å². The maximum atomic E-state index is 10.4. The Kier molecular flexibility index (Phi) is 5.25. The highest BCUT2D eigenvalue weighted by molar-refractivity contribution is 7.99. The van der Waals surface area contributed by atoms with Gasteiger partial charge >= 0.3 is 5.97 Å². The van der Waals surface area contributed by atoms with Crippen molar-refractivity contribution in [3.8, 4) is 5.75 Å². The van der Waals surface area contributed by atoms with Crippen molar-refractivity contribution in [2.45, 2.75) is 5.22 Å². The van der Waals surface area contributed by atoms with Crippen molar-refractivity contribution >= 4 is 23.8 Å². The van der Waals surface area contributed by atoms with E-state index in [0.717, 1.165) is 17.4 Å². The van der Waals surface area contributed by atoms with Crippen molar-refractivity contribution in [1.29, 1.82) is 0 Å². The zero-order chi connectivity index (χ0) is 14.2. The number of benzene rings is 1. The quantitative estimate of drug-likeness (QED) is 0.480. The maximum absolute atomic E-state index is 10.4. The third-order valence-corrected chi connectivity index (χ3v) is 3.08. The molecule has 0 aliphatic heterocycles. The molecule has 0 unspecified atom stereocenters. The lowest BCUT2D eigenvalue weighted by atomic mass is 10.2. The molecule has 0 spiro atoms. The van der Waals surface area contributed by atoms with Gasteiger partial charge in [0.2, 0.25) is 0 Å². The van der Waals surface area contributed by atoms with Crippen LogP contribution in [-0.4, -0.2) is 28.4 Å². The van der Waals surface area contributed by atoms with E-state index in [1.807, 2.05) is 18.2 Å². The molecule has 0 bridgehead atoms. The summed E-state index contributed by atoms with van der Waals surface area (Å²) >= 11 is 1.47. The normalized spacial score (nSPS) is 10.8. The average molecular weight is 291 g/mol. The Balaban J connectivity index is 1.80. The fraction of sp³-hybridized carbons (Fsp3) is 0.143. The van der Waals surface area contributed by atoms with Crippen LogP contribution in [-0.2, 0) is 4.79 Å². The molecule has 20 heavy (non-hydrogen) atoms. The maximum Gasteiger partial charge on any atom is 0.328 e. The van der Waals surface area contributed by atoms with E-state index in [1.165, 1.54) is 24.1 Å². The van der Waals surface area contributed by atoms with Crippen LogP contribution in [0.3, 0.4) is 0 Å². The smallest absolute Gasteiger partial charge is 0.328 e. The molecule has 6 heteroatoms. The van der Waals surface area contributed by atoms with E-state index in [9.17, 15) is 4.79 Å². The summed E-state index contributed by atoms with van der Waals surface area (Å²) in [6, 6.07) is 7.25. The second-order valence-corrected chi connectivity index (χ2v) is 4.79. The van der Waals surface area contributed by atoms with Crippen molar-refractivity contribution in [1.82, 2.24) is 4.98 Å². The Labute approximate surface area is 120 Å². The number of carbonyl (C=O) groups is 1. The fourth-order valence-corrected chi connectivity index (χ4v) is 2.05. The van der Waals surface area contributed by atoms with Gasteiger partial charge in [-0.3, -0.25) is 0 Å². The second kappa shape index (κ2) is 7.40. The molecule has 0 amide bonds. The molecule has 0 atom stereocenters. The Morgan fingerprint density at radius 2 is 2.40 bits per heavy atom. The molecule has 2 aromatic rings. The predicted octanol–water partition coefficient (Wildman–Crippen LogP) is 2.94. The van der Waals surface area contributed by atoms with Gasteiger partial charge in [0.1, 0.15) is 12.0 Å². The lowest BCUT2D eigenvalue weighted by molar-refractivity contribution is -0.131. The lowest BCUT2D eigenvalue weighted by Crippen LogP contribution is -2.00. The van der Waals surface area contributed by atoms with Gasteiger partial charge in [-0.2, -0.15) is 0 Å². The average Bonchev–Trinajstić information content (AvgIpc) is 2.95. The molecule has 2 rings (SSSR count). The van der Waals surface area contributed by atoms with Gasteiger partial charge in [0.15, 0.2) is 0 Å². The van der Waals surface area contributed by atoms with Crippen LogP contribution in [0.1, 0.15) is 5.56 Å². The monoisotopic (exact) mass is 291 g/mol. The minimum absolute atomic E-state index is 0.513. The molecule has 0 saturated carbocycles. The topological polar surface area (TPSA) is 72.6 Å². The Bertz CT molecular complexity index is 581. The molecular weight excluding hydrogens is 278 g/mol. The molecule has 0 aliphatic carbocycles. The number of hydrogen-bond donors (Lipinski definition) is 1. The standard InChI is InChI=1S/C14H13NO4S/c16-13(17)5-4-11-2-1-3-12(10-11)18-8-9-20-14-15-6-7-19-14/h1-7,10H,8-9H2,(H,16,17)/b5-4+. The molecule has 0 aliphatic rings. The van der Waals surface area contributed by atoms with Crippen LogP contribution < -0.4 is 4.74 Å². The van der Waals surface area contributed by atoms with Crippen LogP contribution in [0, 0.1) is 0 Å². The molecular formula is C14H13NO4S. The number of carboxylic acids is 1. The van der Waals surface area contributed by atoms with E-state index in [-0.39, 0.29) is 0 Å². The molecule has 1 aromatic carbocycles. The van der Waals surface area contributed by atoms with Crippen LogP contribution in [0.4, 0.5) is 0 Å². The van der Waals surface area contributed by atoms with Crippen LogP contribution >= 0.6 is 11.8 Å². The first-order valence-electron chi connectivity index (χ1n) is 5.90. The molecule has 104 valence electrons. The van der Waals surface area contributed by atoms with Crippen LogP contribution in [0.15, 0.2) is 52.4 Å². The third kappa shape index (κ3) is 4.81. The molecule has 1 N–H and O–H groups in total. The van der Waals surface area contributed by atoms with Gasteiger partial charge in [0, 0.05) is 11.8 Å². The first-order valence-corrected chi connectivity index (χ1v) is 6.89. The van der Waals surface area contributed by atoms with Crippen LogP contribution in [0.25, 0.3) is 6.08 Å². The van der Waals surface area contributed by atoms with E-state index in [4.69, 9.17) is 14.3 Å². The van der Waals surface area contributed by atoms with Crippen molar-refractivity contribution in [3.63, 3.8) is 0 Å². The summed E-state index contributed by atoms with van der Waals surface area (Å²) in [6.45, 7) is 0.513. The van der Waals surface area contributed by atoms with Gasteiger partial charge in [-0.25, -0.2) is 9.78 Å². The number of carboxylic acid groups (broad SMARTS) is 1. The summed E-state index contributed by atoms with van der Waals surface area (Å²) in [5, 5.41) is 9.19. The first-order chi connectivity index (χ1) is 9.74. The molecule has 1 aromatic heterocycles. The predicted molar refractivity (Wildman–Crippen MR) is 75.8 cm³/mol. The Hall–Kier alpha value is -2.21. The zero-order valence-corrected chi connectivity index (χ0v) is 11.4. The van der Waals surface area contributed by atoms with Crippen molar-refractivity contribution in [2.75, 3.05) is 12.4 Å². The van der Waals surface area contributed by atoms with Gasteiger partial charge in [0.05, 0.1) is 12.8 Å². The zero-order valence-electron chi connectivity index (χ0n) is 10.6. The number of thioether (sulfide) groups is 1. The molecule has 0 saturated heterocycles. The SMILES string of the molecule is O=C(O)/C=C/c1cccc(OCCSc2ncco2)c1. The van der Waals surface area contributed by atoms with E-state index in [2.05, 4.69) is 4.98 Å². The van der Waals surface area contributed by atoms with Gasteiger partial charge in [0.25, 0.3) is 5.22 Å². The number of ether oxygens (including phenoxy) is 1. The van der Waals surface area contributed by atoms with E-state index >= 15 is 0 Å². The fourth-order valence-electron chi connectivity index (χ4n) is 1.45. The third-order valence-electron chi connectivity index (χ3n) is 2.26. The van der Waals surface area contributed by atoms with E-state index in [0.29, 0.717) is 17.6 Å². The Morgan fingerprint density at radius 1 is 1.50 bits per heavy atom. The number of aromatic nitrogens is 1.